The van der Waals surface area contributed by atoms with E-state index in [0.29, 0.717) is 0 Å². The van der Waals surface area contributed by atoms with Crippen molar-refractivity contribution in [1.82, 2.24) is 0 Å². The van der Waals surface area contributed by atoms with Gasteiger partial charge in [0.05, 0.1) is 11.4 Å². The molecule has 1 nitrogen and oxygen atoms in total. The fourth-order valence-electron chi connectivity index (χ4n) is 9.70. The predicted molar refractivity (Wildman–Crippen MR) is 268 cm³/mol. The summed E-state index contributed by atoms with van der Waals surface area (Å²) >= 11 is 1.86. The van der Waals surface area contributed by atoms with E-state index in [4.69, 9.17) is 0 Å². The van der Waals surface area contributed by atoms with Crippen LogP contribution >= 0.6 is 11.3 Å². The number of anilines is 3. The van der Waals surface area contributed by atoms with Crippen molar-refractivity contribution in [3.8, 4) is 44.5 Å². The molecule has 11 aromatic carbocycles. The number of thiophene rings is 1. The summed E-state index contributed by atoms with van der Waals surface area (Å²) in [5.74, 6) is 0. The number of fused-ring (bicyclic) bond motifs is 7. The lowest BCUT2D eigenvalue weighted by Crippen LogP contribution is -2.11. The summed E-state index contributed by atoms with van der Waals surface area (Å²) in [6.07, 6.45) is 0. The van der Waals surface area contributed by atoms with E-state index in [9.17, 15) is 0 Å². The summed E-state index contributed by atoms with van der Waals surface area (Å²) in [5, 5.41) is 10.0. The van der Waals surface area contributed by atoms with Gasteiger partial charge in [-0.15, -0.1) is 11.3 Å². The number of hydrogen-bond acceptors (Lipinski definition) is 2. The van der Waals surface area contributed by atoms with E-state index in [-0.39, 0.29) is 0 Å². The van der Waals surface area contributed by atoms with Crippen molar-refractivity contribution in [3.63, 3.8) is 0 Å². The number of para-hydroxylation sites is 1. The second kappa shape index (κ2) is 15.0. The van der Waals surface area contributed by atoms with Crippen LogP contribution in [0.3, 0.4) is 0 Å². The normalized spacial score (nSPS) is 11.5. The van der Waals surface area contributed by atoms with Crippen LogP contribution in [0.2, 0.25) is 0 Å². The maximum absolute atomic E-state index is 2.49. The standard InChI is InChI=1S/C60H39NS/c1-3-18-42(19-4-1)58-51-26-10-9-25-49(51)50-38-35-44(39-53(50)59(58)43-20-5-2-6-21-43)48-24-11-13-29-54(48)61(55-30-16-32-57-60(55)52-27-12-14-31-56(52)62-57)45-36-33-41(34-37-45)47-28-15-22-40-17-7-8-23-46(40)47/h1-39H. The maximum atomic E-state index is 2.49. The summed E-state index contributed by atoms with van der Waals surface area (Å²) in [6, 6.07) is 86.8. The molecular weight excluding hydrogens is 767 g/mol. The lowest BCUT2D eigenvalue weighted by Gasteiger charge is -2.29. The van der Waals surface area contributed by atoms with Crippen LogP contribution in [0.1, 0.15) is 0 Å². The van der Waals surface area contributed by atoms with Gasteiger partial charge in [-0.2, -0.15) is 0 Å². The second-order valence-corrected chi connectivity index (χ2v) is 17.0. The molecule has 0 unspecified atom stereocenters. The Labute approximate surface area is 365 Å². The van der Waals surface area contributed by atoms with Crippen molar-refractivity contribution >= 4 is 80.9 Å². The highest BCUT2D eigenvalue weighted by Crippen LogP contribution is 2.50. The molecule has 0 atom stereocenters. The zero-order valence-corrected chi connectivity index (χ0v) is 34.7. The first-order chi connectivity index (χ1) is 30.8. The van der Waals surface area contributed by atoms with Gasteiger partial charge in [0.15, 0.2) is 0 Å². The summed E-state index contributed by atoms with van der Waals surface area (Å²) in [7, 11) is 0. The number of nitrogens with zero attached hydrogens (tertiary/aromatic N) is 1. The molecule has 1 heterocycles. The van der Waals surface area contributed by atoms with Gasteiger partial charge in [-0.25, -0.2) is 0 Å². The predicted octanol–water partition coefficient (Wildman–Crippen LogP) is 17.7. The Bertz CT molecular complexity index is 3620. The van der Waals surface area contributed by atoms with E-state index in [1.54, 1.807) is 0 Å². The summed E-state index contributed by atoms with van der Waals surface area (Å²) in [4.78, 5) is 2.49. The lowest BCUT2D eigenvalue weighted by atomic mass is 9.84. The van der Waals surface area contributed by atoms with Crippen molar-refractivity contribution in [3.05, 3.63) is 237 Å². The van der Waals surface area contributed by atoms with Crippen LogP contribution in [0.15, 0.2) is 237 Å². The van der Waals surface area contributed by atoms with Gasteiger partial charge in [0.25, 0.3) is 0 Å². The van der Waals surface area contributed by atoms with Crippen LogP contribution < -0.4 is 4.90 Å². The van der Waals surface area contributed by atoms with E-state index >= 15 is 0 Å². The first kappa shape index (κ1) is 36.1. The van der Waals surface area contributed by atoms with Crippen molar-refractivity contribution in [1.29, 1.82) is 0 Å². The molecule has 0 saturated heterocycles. The van der Waals surface area contributed by atoms with Gasteiger partial charge in [-0.1, -0.05) is 194 Å². The highest BCUT2D eigenvalue weighted by Gasteiger charge is 2.23. The molecule has 62 heavy (non-hydrogen) atoms. The molecule has 2 heteroatoms. The largest absolute Gasteiger partial charge is 0.309 e. The third kappa shape index (κ3) is 5.99. The minimum Gasteiger partial charge on any atom is -0.309 e. The highest BCUT2D eigenvalue weighted by molar-refractivity contribution is 7.26. The minimum atomic E-state index is 1.10. The number of rotatable bonds is 7. The van der Waals surface area contributed by atoms with E-state index in [1.807, 2.05) is 11.3 Å². The van der Waals surface area contributed by atoms with Gasteiger partial charge in [0, 0.05) is 31.4 Å². The molecule has 0 aliphatic carbocycles. The van der Waals surface area contributed by atoms with E-state index in [1.165, 1.54) is 91.4 Å². The number of hydrogen-bond donors (Lipinski definition) is 0. The Kier molecular flexibility index (Phi) is 8.76. The molecule has 12 rings (SSSR count). The average molecular weight is 806 g/mol. The molecule has 0 amide bonds. The van der Waals surface area contributed by atoms with E-state index in [0.717, 1.165) is 22.6 Å². The zero-order chi connectivity index (χ0) is 41.0. The Balaban J connectivity index is 1.11. The molecule has 0 fully saturated rings. The van der Waals surface area contributed by atoms with Crippen molar-refractivity contribution in [2.75, 3.05) is 4.90 Å². The Morgan fingerprint density at radius 2 is 0.823 bits per heavy atom. The van der Waals surface area contributed by atoms with Crippen LogP contribution in [-0.2, 0) is 0 Å². The molecule has 12 aromatic rings. The molecular formula is C60H39NS. The molecule has 0 radical (unpaired) electrons. The molecule has 0 aliphatic rings. The Morgan fingerprint density at radius 1 is 0.290 bits per heavy atom. The van der Waals surface area contributed by atoms with Crippen molar-refractivity contribution < 1.29 is 0 Å². The summed E-state index contributed by atoms with van der Waals surface area (Å²) < 4.78 is 2.57. The van der Waals surface area contributed by atoms with Crippen LogP contribution in [0.25, 0.3) is 97.0 Å². The van der Waals surface area contributed by atoms with Gasteiger partial charge in [-0.05, 0) is 114 Å². The van der Waals surface area contributed by atoms with Crippen LogP contribution in [0.5, 0.6) is 0 Å². The second-order valence-electron chi connectivity index (χ2n) is 16.0. The van der Waals surface area contributed by atoms with Crippen molar-refractivity contribution in [2.45, 2.75) is 0 Å². The molecule has 0 saturated carbocycles. The Hall–Kier alpha value is -7.78. The van der Waals surface area contributed by atoms with Gasteiger partial charge in [0.2, 0.25) is 0 Å². The smallest absolute Gasteiger partial charge is 0.0555 e. The van der Waals surface area contributed by atoms with Gasteiger partial charge in [-0.3, -0.25) is 0 Å². The van der Waals surface area contributed by atoms with Gasteiger partial charge in [0.1, 0.15) is 0 Å². The zero-order valence-electron chi connectivity index (χ0n) is 33.9. The van der Waals surface area contributed by atoms with E-state index in [2.05, 4.69) is 241 Å². The summed E-state index contributed by atoms with van der Waals surface area (Å²) in [5.41, 5.74) is 13.1. The maximum Gasteiger partial charge on any atom is 0.0555 e. The fraction of sp³-hybridized carbons (Fsp3) is 0. The highest BCUT2D eigenvalue weighted by atomic mass is 32.1. The first-order valence-electron chi connectivity index (χ1n) is 21.3. The van der Waals surface area contributed by atoms with Crippen LogP contribution in [0.4, 0.5) is 17.1 Å². The molecule has 0 bridgehead atoms. The molecule has 0 spiro atoms. The summed E-state index contributed by atoms with van der Waals surface area (Å²) in [6.45, 7) is 0. The molecule has 0 aliphatic heterocycles. The van der Waals surface area contributed by atoms with Gasteiger partial charge >= 0.3 is 0 Å². The van der Waals surface area contributed by atoms with E-state index < -0.39 is 0 Å². The lowest BCUT2D eigenvalue weighted by molar-refractivity contribution is 1.30. The van der Waals surface area contributed by atoms with Crippen LogP contribution in [-0.4, -0.2) is 0 Å². The van der Waals surface area contributed by atoms with Crippen molar-refractivity contribution in [2.24, 2.45) is 0 Å². The van der Waals surface area contributed by atoms with Crippen LogP contribution in [0, 0.1) is 0 Å². The third-order valence-electron chi connectivity index (χ3n) is 12.5. The quantitative estimate of drug-likeness (QED) is 0.145. The van der Waals surface area contributed by atoms with Gasteiger partial charge < -0.3 is 4.90 Å². The average Bonchev–Trinajstić information content (AvgIpc) is 3.74. The first-order valence-corrected chi connectivity index (χ1v) is 22.1. The Morgan fingerprint density at radius 3 is 1.61 bits per heavy atom. The molecule has 0 N–H and O–H groups in total. The molecule has 290 valence electrons. The number of benzene rings is 11. The molecule has 1 aromatic heterocycles. The fourth-order valence-corrected chi connectivity index (χ4v) is 10.8. The minimum absolute atomic E-state index is 1.10. The monoisotopic (exact) mass is 805 g/mol. The SMILES string of the molecule is c1ccc(-c2c(-c3ccccc3)c3cc(-c4ccccc4N(c4ccc(-c5cccc6ccccc56)cc4)c4cccc5sc6ccccc6c45)ccc3c3ccccc23)cc1. The topological polar surface area (TPSA) is 3.24 Å². The third-order valence-corrected chi connectivity index (χ3v) is 13.6.